The highest BCUT2D eigenvalue weighted by Crippen LogP contribution is 2.39. The van der Waals surface area contributed by atoms with E-state index in [1.807, 2.05) is 0 Å². The molecule has 0 saturated carbocycles. The fourth-order valence-corrected chi connectivity index (χ4v) is 3.81. The molecule has 1 atom stereocenters. The highest BCUT2D eigenvalue weighted by Gasteiger charge is 2.45. The van der Waals surface area contributed by atoms with Crippen LogP contribution in [-0.4, -0.2) is 64.4 Å². The number of hydrogen-bond acceptors (Lipinski definition) is 6. The molecule has 3 rings (SSSR count). The molecule has 7 nitrogen and oxygen atoms in total. The van der Waals surface area contributed by atoms with Gasteiger partial charge in [-0.15, -0.1) is 0 Å². The van der Waals surface area contributed by atoms with Crippen molar-refractivity contribution in [1.82, 2.24) is 14.8 Å². The van der Waals surface area contributed by atoms with Gasteiger partial charge in [0.05, 0.1) is 11.6 Å². The van der Waals surface area contributed by atoms with E-state index in [0.29, 0.717) is 31.0 Å². The van der Waals surface area contributed by atoms with E-state index in [1.54, 1.807) is 59.8 Å². The summed E-state index contributed by atoms with van der Waals surface area (Å²) >= 11 is 0. The molecular weight excluding hydrogens is 406 g/mol. The van der Waals surface area contributed by atoms with E-state index in [1.165, 1.54) is 0 Å². The molecule has 2 aromatic rings. The number of Topliss-reactive ketones (excluding diaryl/α,β-unsaturated/α-hetero) is 1. The number of ketones is 1. The highest BCUT2D eigenvalue weighted by atomic mass is 16.5. The van der Waals surface area contributed by atoms with Gasteiger partial charge in [0.1, 0.15) is 18.1 Å². The van der Waals surface area contributed by atoms with Gasteiger partial charge in [-0.05, 0) is 55.1 Å². The second-order valence-electron chi connectivity index (χ2n) is 7.42. The molecule has 1 aromatic heterocycles. The minimum atomic E-state index is -0.684. The van der Waals surface area contributed by atoms with Gasteiger partial charge in [0, 0.05) is 31.0 Å². The summed E-state index contributed by atoms with van der Waals surface area (Å²) in [7, 11) is 0. The van der Waals surface area contributed by atoms with Gasteiger partial charge >= 0.3 is 0 Å². The van der Waals surface area contributed by atoms with Crippen LogP contribution >= 0.6 is 0 Å². The number of nitrogens with zero attached hydrogens (tertiary/aromatic N) is 3. The van der Waals surface area contributed by atoms with Crippen LogP contribution < -0.4 is 4.74 Å². The molecule has 1 unspecified atom stereocenters. The zero-order chi connectivity index (χ0) is 23.1. The molecule has 32 heavy (non-hydrogen) atoms. The fraction of sp³-hybridized carbons (Fsp3) is 0.320. The molecule has 7 heteroatoms. The Morgan fingerprint density at radius 2 is 1.81 bits per heavy atom. The number of likely N-dealkylation sites (N-methyl/N-ethyl adjacent to an activating group) is 1. The smallest absolute Gasteiger partial charge is 0.295 e. The van der Waals surface area contributed by atoms with Crippen LogP contribution in [0.1, 0.15) is 31.0 Å². The fourth-order valence-electron chi connectivity index (χ4n) is 3.81. The molecule has 1 N–H and O–H groups in total. The van der Waals surface area contributed by atoms with Crippen LogP contribution in [0.15, 0.2) is 67.0 Å². The largest absolute Gasteiger partial charge is 0.507 e. The molecule has 1 fully saturated rings. The van der Waals surface area contributed by atoms with Crippen LogP contribution in [0, 0.1) is 0 Å². The van der Waals surface area contributed by atoms with Crippen molar-refractivity contribution in [2.75, 3.05) is 32.8 Å². The van der Waals surface area contributed by atoms with Gasteiger partial charge in [-0.2, -0.15) is 0 Å². The highest BCUT2D eigenvalue weighted by molar-refractivity contribution is 6.46. The molecule has 1 aromatic carbocycles. The SMILES string of the molecule is C=CCOc1ccc(/C(O)=C2/C(=O)C(=O)N(CCN(CC)CC)C2c2ccncc2)cc1. The van der Waals surface area contributed by atoms with Crippen molar-refractivity contribution >= 4 is 17.4 Å². The van der Waals surface area contributed by atoms with E-state index in [-0.39, 0.29) is 11.3 Å². The van der Waals surface area contributed by atoms with Gasteiger partial charge in [-0.25, -0.2) is 0 Å². The quantitative estimate of drug-likeness (QED) is 0.267. The summed E-state index contributed by atoms with van der Waals surface area (Å²) in [4.78, 5) is 33.8. The van der Waals surface area contributed by atoms with Crippen molar-refractivity contribution in [3.63, 3.8) is 0 Å². The maximum atomic E-state index is 13.0. The molecule has 2 heterocycles. The topological polar surface area (TPSA) is 83.0 Å². The van der Waals surface area contributed by atoms with Gasteiger partial charge in [-0.3, -0.25) is 14.6 Å². The number of hydrogen-bond donors (Lipinski definition) is 1. The lowest BCUT2D eigenvalue weighted by Gasteiger charge is -2.28. The van der Waals surface area contributed by atoms with Gasteiger partial charge in [-0.1, -0.05) is 26.5 Å². The lowest BCUT2D eigenvalue weighted by Crippen LogP contribution is -2.38. The Bertz CT molecular complexity index is 982. The van der Waals surface area contributed by atoms with Crippen LogP contribution in [-0.2, 0) is 9.59 Å². The van der Waals surface area contributed by atoms with E-state index in [2.05, 4.69) is 30.3 Å². The molecule has 1 aliphatic heterocycles. The van der Waals surface area contributed by atoms with Crippen LogP contribution in [0.2, 0.25) is 0 Å². The Morgan fingerprint density at radius 3 is 2.41 bits per heavy atom. The number of ether oxygens (including phenoxy) is 1. The number of benzene rings is 1. The third-order valence-electron chi connectivity index (χ3n) is 5.61. The standard InChI is InChI=1S/C25H29N3O4/c1-4-17-32-20-9-7-19(8-10-20)23(29)21-22(18-11-13-26-14-12-18)28(25(31)24(21)30)16-15-27(5-2)6-3/h4,7-14,22,29H,1,5-6,15-17H2,2-3H3/b23-21-. The summed E-state index contributed by atoms with van der Waals surface area (Å²) < 4.78 is 5.48. The first-order valence-corrected chi connectivity index (χ1v) is 10.8. The zero-order valence-electron chi connectivity index (χ0n) is 18.5. The Kier molecular flexibility index (Phi) is 7.78. The molecule has 0 bridgehead atoms. The van der Waals surface area contributed by atoms with Gasteiger partial charge < -0.3 is 19.6 Å². The minimum absolute atomic E-state index is 0.0838. The molecule has 0 spiro atoms. The first kappa shape index (κ1) is 23.2. The number of amides is 1. The van der Waals surface area contributed by atoms with Crippen molar-refractivity contribution in [3.05, 3.63) is 78.1 Å². The van der Waals surface area contributed by atoms with Crippen molar-refractivity contribution in [1.29, 1.82) is 0 Å². The van der Waals surface area contributed by atoms with Crippen molar-refractivity contribution in [2.45, 2.75) is 19.9 Å². The predicted octanol–water partition coefficient (Wildman–Crippen LogP) is 3.41. The Hall–Kier alpha value is -3.45. The summed E-state index contributed by atoms with van der Waals surface area (Å²) in [5.74, 6) is -0.875. The second-order valence-corrected chi connectivity index (χ2v) is 7.42. The number of carbonyl (C=O) groups is 2. The van der Waals surface area contributed by atoms with Crippen molar-refractivity contribution < 1.29 is 19.4 Å². The van der Waals surface area contributed by atoms with E-state index in [0.717, 1.165) is 18.7 Å². The van der Waals surface area contributed by atoms with Crippen molar-refractivity contribution in [2.24, 2.45) is 0 Å². The number of aromatic nitrogens is 1. The minimum Gasteiger partial charge on any atom is -0.507 e. The third-order valence-corrected chi connectivity index (χ3v) is 5.61. The van der Waals surface area contributed by atoms with E-state index < -0.39 is 17.7 Å². The Labute approximate surface area is 188 Å². The number of carbonyl (C=O) groups excluding carboxylic acids is 2. The number of rotatable bonds is 10. The number of aliphatic hydroxyl groups excluding tert-OH is 1. The summed E-state index contributed by atoms with van der Waals surface area (Å²) in [5, 5.41) is 11.1. The average molecular weight is 436 g/mol. The Balaban J connectivity index is 2.00. The summed E-state index contributed by atoms with van der Waals surface area (Å²) in [6, 6.07) is 9.60. The monoisotopic (exact) mass is 435 g/mol. The lowest BCUT2D eigenvalue weighted by atomic mass is 9.96. The number of likely N-dealkylation sites (tertiary alicyclic amines) is 1. The Morgan fingerprint density at radius 1 is 1.16 bits per heavy atom. The molecule has 1 aliphatic rings. The predicted molar refractivity (Wildman–Crippen MR) is 123 cm³/mol. The second kappa shape index (κ2) is 10.7. The van der Waals surface area contributed by atoms with Crippen LogP contribution in [0.4, 0.5) is 0 Å². The number of pyridine rings is 1. The molecule has 0 aliphatic carbocycles. The first-order valence-electron chi connectivity index (χ1n) is 10.8. The average Bonchev–Trinajstić information content (AvgIpc) is 3.08. The normalized spacial score (nSPS) is 17.7. The molecular formula is C25H29N3O4. The maximum Gasteiger partial charge on any atom is 0.295 e. The van der Waals surface area contributed by atoms with Gasteiger partial charge in [0.15, 0.2) is 0 Å². The zero-order valence-corrected chi connectivity index (χ0v) is 18.5. The summed E-state index contributed by atoms with van der Waals surface area (Å²) in [6.07, 6.45) is 4.87. The van der Waals surface area contributed by atoms with E-state index in [9.17, 15) is 14.7 Å². The lowest BCUT2D eigenvalue weighted by molar-refractivity contribution is -0.140. The summed E-state index contributed by atoms with van der Waals surface area (Å²) in [6.45, 7) is 10.8. The van der Waals surface area contributed by atoms with Crippen molar-refractivity contribution in [3.8, 4) is 5.75 Å². The molecule has 168 valence electrons. The molecule has 1 amide bonds. The van der Waals surface area contributed by atoms with Gasteiger partial charge in [0.25, 0.3) is 11.7 Å². The maximum absolute atomic E-state index is 13.0. The van der Waals surface area contributed by atoms with E-state index in [4.69, 9.17) is 4.74 Å². The van der Waals surface area contributed by atoms with E-state index >= 15 is 0 Å². The molecule has 0 radical (unpaired) electrons. The first-order chi connectivity index (χ1) is 15.5. The van der Waals surface area contributed by atoms with Crippen LogP contribution in [0.25, 0.3) is 5.76 Å². The molecule has 1 saturated heterocycles. The summed E-state index contributed by atoms with van der Waals surface area (Å²) in [5.41, 5.74) is 1.25. The third kappa shape index (κ3) is 4.89. The van der Waals surface area contributed by atoms with Gasteiger partial charge in [0.2, 0.25) is 0 Å². The van der Waals surface area contributed by atoms with Crippen LogP contribution in [0.5, 0.6) is 5.75 Å². The number of aliphatic hydroxyl groups is 1. The van der Waals surface area contributed by atoms with Crippen LogP contribution in [0.3, 0.4) is 0 Å².